The summed E-state index contributed by atoms with van der Waals surface area (Å²) in [6.07, 6.45) is 2.75. The van der Waals surface area contributed by atoms with Gasteiger partial charge in [-0.3, -0.25) is 9.52 Å². The molecule has 0 bridgehead atoms. The van der Waals surface area contributed by atoms with Gasteiger partial charge in [-0.2, -0.15) is 0 Å². The van der Waals surface area contributed by atoms with E-state index in [0.717, 1.165) is 11.3 Å². The Hall–Kier alpha value is -3.17. The van der Waals surface area contributed by atoms with Crippen LogP contribution >= 0.6 is 11.6 Å². The molecule has 0 spiro atoms. The van der Waals surface area contributed by atoms with E-state index in [1.54, 1.807) is 24.3 Å². The van der Waals surface area contributed by atoms with Crippen molar-refractivity contribution in [3.05, 3.63) is 77.7 Å². The molecule has 35 heavy (non-hydrogen) atoms. The van der Waals surface area contributed by atoms with Crippen LogP contribution in [0.5, 0.6) is 0 Å². The van der Waals surface area contributed by atoms with Gasteiger partial charge in [-0.1, -0.05) is 37.6 Å². The smallest absolute Gasteiger partial charge is 0.263 e. The highest BCUT2D eigenvalue weighted by Gasteiger charge is 2.31. The Labute approximate surface area is 212 Å². The first-order valence-corrected chi connectivity index (χ1v) is 13.3. The van der Waals surface area contributed by atoms with Crippen molar-refractivity contribution in [3.8, 4) is 0 Å². The molecule has 3 aromatic rings. The first kappa shape index (κ1) is 24.9. The second-order valence-corrected chi connectivity index (χ2v) is 10.9. The molecule has 1 aliphatic rings. The minimum absolute atomic E-state index is 0. The summed E-state index contributed by atoms with van der Waals surface area (Å²) < 4.78 is 27.7. The second kappa shape index (κ2) is 10.6. The van der Waals surface area contributed by atoms with Crippen LogP contribution in [0.15, 0.2) is 72.0 Å². The Morgan fingerprint density at radius 1 is 1.00 bits per heavy atom. The number of halogens is 1. The first-order valence-electron chi connectivity index (χ1n) is 11.4. The third-order valence-corrected chi connectivity index (χ3v) is 7.71. The molecule has 2 heterocycles. The summed E-state index contributed by atoms with van der Waals surface area (Å²) in [7, 11) is -3.75. The molecule has 4 rings (SSSR count). The zero-order valence-corrected chi connectivity index (χ0v) is 21.2. The van der Waals surface area contributed by atoms with E-state index in [1.807, 2.05) is 29.2 Å². The van der Waals surface area contributed by atoms with E-state index >= 15 is 0 Å². The van der Waals surface area contributed by atoms with Crippen LogP contribution in [0, 0.1) is 5.92 Å². The lowest BCUT2D eigenvalue weighted by Crippen LogP contribution is -2.50. The lowest BCUT2D eigenvalue weighted by molar-refractivity contribution is -0.134. The van der Waals surface area contributed by atoms with Crippen LogP contribution in [-0.4, -0.2) is 55.4 Å². The molecule has 0 radical (unpaired) electrons. The zero-order chi connectivity index (χ0) is 25.0. The van der Waals surface area contributed by atoms with E-state index in [2.05, 4.69) is 33.4 Å². The van der Waals surface area contributed by atoms with E-state index in [-0.39, 0.29) is 29.9 Å². The summed E-state index contributed by atoms with van der Waals surface area (Å²) in [5.74, 6) is 0.278. The van der Waals surface area contributed by atoms with Crippen molar-refractivity contribution < 1.29 is 14.6 Å². The molecule has 1 saturated heterocycles. The number of benzene rings is 2. The van der Waals surface area contributed by atoms with Crippen molar-refractivity contribution in [3.63, 3.8) is 0 Å². The summed E-state index contributed by atoms with van der Waals surface area (Å²) in [4.78, 5) is 25.3. The molecule has 1 fully saturated rings. The number of nitrogens with zero attached hydrogens (tertiary/aromatic N) is 4. The zero-order valence-electron chi connectivity index (χ0n) is 19.6. The molecule has 2 aromatic carbocycles. The lowest BCUT2D eigenvalue weighted by atomic mass is 9.87. The van der Waals surface area contributed by atoms with E-state index in [9.17, 15) is 13.2 Å². The van der Waals surface area contributed by atoms with E-state index in [1.165, 1.54) is 18.6 Å². The predicted molar refractivity (Wildman–Crippen MR) is 139 cm³/mol. The summed E-state index contributed by atoms with van der Waals surface area (Å²) >= 11 is 6.03. The molecule has 1 unspecified atom stereocenters. The molecule has 1 N–H and O–H groups in total. The van der Waals surface area contributed by atoms with Crippen LogP contribution in [0.4, 0.5) is 11.5 Å². The SMILES string of the molecule is CC(C)C(C(=O)N1CCN(c2ccc(S(=O)(=O)Nc3ccncn3)cc2)CC1)c1ccc(Cl)cc1.[HH]. The fraction of sp³-hybridized carbons (Fsp3) is 0.320. The second-order valence-electron chi connectivity index (χ2n) is 8.78. The van der Waals surface area contributed by atoms with Gasteiger partial charge in [0.05, 0.1) is 10.8 Å². The molecule has 1 atom stereocenters. The van der Waals surface area contributed by atoms with Crippen LogP contribution in [0.2, 0.25) is 5.02 Å². The number of carbonyl (C=O) groups is 1. The number of hydrogen-bond acceptors (Lipinski definition) is 6. The minimum Gasteiger partial charge on any atom is -0.368 e. The number of aromatic nitrogens is 2. The van der Waals surface area contributed by atoms with Crippen LogP contribution in [0.25, 0.3) is 0 Å². The van der Waals surface area contributed by atoms with Crippen molar-refractivity contribution in [1.82, 2.24) is 14.9 Å². The Kier molecular flexibility index (Phi) is 7.57. The van der Waals surface area contributed by atoms with Gasteiger partial charge in [0.25, 0.3) is 10.0 Å². The van der Waals surface area contributed by atoms with E-state index in [0.29, 0.717) is 31.2 Å². The highest BCUT2D eigenvalue weighted by molar-refractivity contribution is 7.92. The van der Waals surface area contributed by atoms with Crippen LogP contribution < -0.4 is 9.62 Å². The minimum atomic E-state index is -3.75. The van der Waals surface area contributed by atoms with Gasteiger partial charge in [-0.05, 0) is 53.9 Å². The number of hydrogen-bond donors (Lipinski definition) is 1. The van der Waals surface area contributed by atoms with Crippen molar-refractivity contribution in [1.29, 1.82) is 0 Å². The Morgan fingerprint density at radius 3 is 2.23 bits per heavy atom. The maximum absolute atomic E-state index is 13.4. The van der Waals surface area contributed by atoms with Crippen molar-refractivity contribution in [2.75, 3.05) is 35.8 Å². The highest BCUT2D eigenvalue weighted by atomic mass is 35.5. The van der Waals surface area contributed by atoms with Crippen molar-refractivity contribution >= 4 is 39.0 Å². The van der Waals surface area contributed by atoms with Gasteiger partial charge in [0.2, 0.25) is 5.91 Å². The molecular formula is C25H30ClN5O3S. The van der Waals surface area contributed by atoms with Gasteiger partial charge in [0, 0.05) is 44.5 Å². The summed E-state index contributed by atoms with van der Waals surface area (Å²) in [5, 5.41) is 0.654. The Balaban J connectivity index is 0.00000361. The van der Waals surface area contributed by atoms with Gasteiger partial charge < -0.3 is 9.80 Å². The predicted octanol–water partition coefficient (Wildman–Crippen LogP) is 4.27. The average Bonchev–Trinajstić information content (AvgIpc) is 2.86. The van der Waals surface area contributed by atoms with Crippen LogP contribution in [-0.2, 0) is 14.8 Å². The highest BCUT2D eigenvalue weighted by Crippen LogP contribution is 2.29. The van der Waals surface area contributed by atoms with Crippen molar-refractivity contribution in [2.45, 2.75) is 24.7 Å². The van der Waals surface area contributed by atoms with Gasteiger partial charge >= 0.3 is 0 Å². The standard InChI is InChI=1S/C25H28ClN5O3S.H2/c1-18(2)24(19-3-5-20(26)6-4-19)25(32)31-15-13-30(14-16-31)21-7-9-22(10-8-21)35(33,34)29-23-11-12-27-17-28-23;/h3-12,17-18,24H,13-16H2,1-2H3,(H,27,28,29);1H. The van der Waals surface area contributed by atoms with Gasteiger partial charge in [-0.15, -0.1) is 0 Å². The number of anilines is 2. The lowest BCUT2D eigenvalue weighted by Gasteiger charge is -2.38. The monoisotopic (exact) mass is 515 g/mol. The number of piperazine rings is 1. The van der Waals surface area contributed by atoms with E-state index in [4.69, 9.17) is 11.6 Å². The average molecular weight is 516 g/mol. The number of nitrogens with one attached hydrogen (secondary N) is 1. The first-order chi connectivity index (χ1) is 16.7. The summed E-state index contributed by atoms with van der Waals surface area (Å²) in [6, 6.07) is 15.7. The third kappa shape index (κ3) is 5.91. The number of rotatable bonds is 7. The fourth-order valence-corrected chi connectivity index (χ4v) is 5.38. The quantitative estimate of drug-likeness (QED) is 0.505. The number of carbonyl (C=O) groups excluding carboxylic acids is 1. The molecule has 10 heteroatoms. The molecule has 1 aliphatic heterocycles. The largest absolute Gasteiger partial charge is 0.368 e. The fourth-order valence-electron chi connectivity index (χ4n) is 4.25. The van der Waals surface area contributed by atoms with Crippen molar-refractivity contribution in [2.24, 2.45) is 5.92 Å². The summed E-state index contributed by atoms with van der Waals surface area (Å²) in [5.41, 5.74) is 1.89. The Morgan fingerprint density at radius 2 is 1.66 bits per heavy atom. The van der Waals surface area contributed by atoms with Crippen LogP contribution in [0.1, 0.15) is 26.8 Å². The number of sulfonamides is 1. The van der Waals surface area contributed by atoms with Gasteiger partial charge in [-0.25, -0.2) is 18.4 Å². The molecule has 1 amide bonds. The molecule has 0 aliphatic carbocycles. The topological polar surface area (TPSA) is 95.5 Å². The van der Waals surface area contributed by atoms with E-state index < -0.39 is 10.0 Å². The third-order valence-electron chi connectivity index (χ3n) is 6.09. The molecule has 8 nitrogen and oxygen atoms in total. The van der Waals surface area contributed by atoms with Gasteiger partial charge in [0.1, 0.15) is 12.1 Å². The maximum Gasteiger partial charge on any atom is 0.263 e. The molecule has 186 valence electrons. The normalized spacial score (nSPS) is 15.2. The molecule has 0 saturated carbocycles. The van der Waals surface area contributed by atoms with Crippen LogP contribution in [0.3, 0.4) is 0 Å². The maximum atomic E-state index is 13.4. The molecular weight excluding hydrogens is 486 g/mol. The molecule has 1 aromatic heterocycles. The Bertz CT molecular complexity index is 1250. The number of amides is 1. The van der Waals surface area contributed by atoms with Gasteiger partial charge in [0.15, 0.2) is 0 Å². The summed E-state index contributed by atoms with van der Waals surface area (Å²) in [6.45, 7) is 6.66.